The topological polar surface area (TPSA) is 67.2 Å². The summed E-state index contributed by atoms with van der Waals surface area (Å²) in [5, 5.41) is 2.75. The van der Waals surface area contributed by atoms with Gasteiger partial charge in [-0.15, -0.1) is 11.3 Å². The number of hydrogen-bond acceptors (Lipinski definition) is 3. The number of hydrazine groups is 1. The number of thiophene rings is 1. The molecule has 0 saturated heterocycles. The summed E-state index contributed by atoms with van der Waals surface area (Å²) in [6.07, 6.45) is 0. The van der Waals surface area contributed by atoms with Crippen LogP contribution in [0.2, 0.25) is 0 Å². The van der Waals surface area contributed by atoms with E-state index in [2.05, 4.69) is 10.9 Å². The molecule has 0 aromatic carbocycles. The summed E-state index contributed by atoms with van der Waals surface area (Å²) in [7, 11) is 0. The molecule has 2 amide bonds. The molecule has 4 nitrogen and oxygen atoms in total. The largest absolute Gasteiger partial charge is 0.350 e. The molecule has 0 spiro atoms. The fourth-order valence-corrected chi connectivity index (χ4v) is 1.04. The standard InChI is InChI=1S/C5H7N3OS/c6-5(9)8-7-4-2-1-3-10-4/h1-3,7H,(H3,6,8,9). The van der Waals surface area contributed by atoms with E-state index in [1.165, 1.54) is 11.3 Å². The van der Waals surface area contributed by atoms with E-state index in [1.807, 2.05) is 17.5 Å². The fraction of sp³-hybridized carbons (Fsp3) is 0. The number of hydrogen-bond donors (Lipinski definition) is 3. The molecular weight excluding hydrogens is 150 g/mol. The Morgan fingerprint density at radius 2 is 2.50 bits per heavy atom. The van der Waals surface area contributed by atoms with Crippen molar-refractivity contribution in [1.82, 2.24) is 5.43 Å². The monoisotopic (exact) mass is 157 g/mol. The number of anilines is 1. The smallest absolute Gasteiger partial charge is 0.330 e. The number of nitrogens with two attached hydrogens (primary N) is 1. The molecule has 1 rings (SSSR count). The summed E-state index contributed by atoms with van der Waals surface area (Å²) in [5.41, 5.74) is 9.67. The van der Waals surface area contributed by atoms with Gasteiger partial charge in [0.15, 0.2) is 0 Å². The highest BCUT2D eigenvalue weighted by Gasteiger charge is 1.91. The van der Waals surface area contributed by atoms with Crippen molar-refractivity contribution < 1.29 is 4.79 Å². The Kier molecular flexibility index (Phi) is 2.11. The van der Waals surface area contributed by atoms with Gasteiger partial charge in [-0.3, -0.25) is 10.9 Å². The van der Waals surface area contributed by atoms with Crippen LogP contribution in [0.15, 0.2) is 17.5 Å². The zero-order chi connectivity index (χ0) is 7.40. The van der Waals surface area contributed by atoms with Crippen LogP contribution in [0.3, 0.4) is 0 Å². The number of carbonyl (C=O) groups is 1. The van der Waals surface area contributed by atoms with Crippen molar-refractivity contribution in [3.8, 4) is 0 Å². The molecule has 1 aromatic rings. The summed E-state index contributed by atoms with van der Waals surface area (Å²) < 4.78 is 0. The van der Waals surface area contributed by atoms with Crippen LogP contribution < -0.4 is 16.6 Å². The van der Waals surface area contributed by atoms with Crippen LogP contribution in [-0.2, 0) is 0 Å². The van der Waals surface area contributed by atoms with Crippen LogP contribution in [0.5, 0.6) is 0 Å². The van der Waals surface area contributed by atoms with Gasteiger partial charge in [0.25, 0.3) is 0 Å². The van der Waals surface area contributed by atoms with Crippen molar-refractivity contribution >= 4 is 22.4 Å². The molecule has 0 atom stereocenters. The lowest BCUT2D eigenvalue weighted by atomic mass is 10.6. The van der Waals surface area contributed by atoms with Gasteiger partial charge in [0, 0.05) is 0 Å². The van der Waals surface area contributed by atoms with Gasteiger partial charge < -0.3 is 5.73 Å². The zero-order valence-corrected chi connectivity index (χ0v) is 5.94. The molecule has 4 N–H and O–H groups in total. The highest BCUT2D eigenvalue weighted by atomic mass is 32.1. The highest BCUT2D eigenvalue weighted by Crippen LogP contribution is 2.12. The fourth-order valence-electron chi connectivity index (χ4n) is 0.473. The third-order valence-corrected chi connectivity index (χ3v) is 1.62. The first-order chi connectivity index (χ1) is 4.79. The van der Waals surface area contributed by atoms with Crippen molar-refractivity contribution in [3.05, 3.63) is 17.5 Å². The molecule has 0 saturated carbocycles. The van der Waals surface area contributed by atoms with E-state index in [-0.39, 0.29) is 0 Å². The molecule has 1 aromatic heterocycles. The molecule has 0 aliphatic heterocycles. The van der Waals surface area contributed by atoms with E-state index in [0.29, 0.717) is 0 Å². The lowest BCUT2D eigenvalue weighted by Gasteiger charge is -2.00. The Balaban J connectivity index is 2.35. The molecule has 54 valence electrons. The quantitative estimate of drug-likeness (QED) is 0.554. The van der Waals surface area contributed by atoms with E-state index in [1.54, 1.807) is 0 Å². The SMILES string of the molecule is NC(=O)NNc1cccs1. The predicted molar refractivity (Wildman–Crippen MR) is 40.7 cm³/mol. The molecular formula is C5H7N3OS. The Bertz CT molecular complexity index is 209. The van der Waals surface area contributed by atoms with Crippen molar-refractivity contribution in [2.75, 3.05) is 5.43 Å². The average molecular weight is 157 g/mol. The number of nitrogens with one attached hydrogen (secondary N) is 2. The van der Waals surface area contributed by atoms with Gasteiger partial charge in [-0.25, -0.2) is 4.79 Å². The van der Waals surface area contributed by atoms with Gasteiger partial charge in [-0.2, -0.15) is 0 Å². The normalized spacial score (nSPS) is 8.80. The third-order valence-electron chi connectivity index (χ3n) is 0.830. The molecule has 0 aliphatic carbocycles. The molecule has 5 heteroatoms. The first-order valence-electron chi connectivity index (χ1n) is 2.64. The van der Waals surface area contributed by atoms with Crippen LogP contribution in [0.4, 0.5) is 9.80 Å². The van der Waals surface area contributed by atoms with Gasteiger partial charge in [0.2, 0.25) is 0 Å². The van der Waals surface area contributed by atoms with Gasteiger partial charge >= 0.3 is 6.03 Å². The molecule has 10 heavy (non-hydrogen) atoms. The van der Waals surface area contributed by atoms with Crippen LogP contribution in [0.25, 0.3) is 0 Å². The number of rotatable bonds is 2. The second-order valence-corrected chi connectivity index (χ2v) is 2.54. The van der Waals surface area contributed by atoms with E-state index in [4.69, 9.17) is 5.73 Å². The summed E-state index contributed by atoms with van der Waals surface area (Å²) in [6, 6.07) is 3.12. The Labute approximate surface area is 62.0 Å². The maximum Gasteiger partial charge on any atom is 0.330 e. The molecule has 0 bridgehead atoms. The van der Waals surface area contributed by atoms with E-state index in [0.717, 1.165) is 5.00 Å². The number of primary amides is 1. The zero-order valence-electron chi connectivity index (χ0n) is 5.13. The summed E-state index contributed by atoms with van der Waals surface area (Å²) in [4.78, 5) is 10.1. The summed E-state index contributed by atoms with van der Waals surface area (Å²) in [6.45, 7) is 0. The van der Waals surface area contributed by atoms with Crippen LogP contribution in [0, 0.1) is 0 Å². The van der Waals surface area contributed by atoms with E-state index < -0.39 is 6.03 Å². The van der Waals surface area contributed by atoms with Gasteiger partial charge in [-0.05, 0) is 17.5 Å². The average Bonchev–Trinajstić information content (AvgIpc) is 2.34. The lowest BCUT2D eigenvalue weighted by Crippen LogP contribution is -2.33. The third kappa shape index (κ3) is 1.94. The summed E-state index contributed by atoms with van der Waals surface area (Å²) >= 11 is 1.48. The maximum atomic E-state index is 10.1. The molecule has 0 unspecified atom stereocenters. The van der Waals surface area contributed by atoms with Crippen molar-refractivity contribution in [3.63, 3.8) is 0 Å². The second kappa shape index (κ2) is 3.07. The van der Waals surface area contributed by atoms with Crippen molar-refractivity contribution in [2.24, 2.45) is 5.73 Å². The minimum atomic E-state index is -0.589. The molecule has 0 fully saturated rings. The van der Waals surface area contributed by atoms with Crippen LogP contribution in [-0.4, -0.2) is 6.03 Å². The number of carbonyl (C=O) groups excluding carboxylic acids is 1. The Hall–Kier alpha value is -1.23. The molecule has 0 radical (unpaired) electrons. The van der Waals surface area contributed by atoms with Crippen LogP contribution >= 0.6 is 11.3 Å². The minimum Gasteiger partial charge on any atom is -0.350 e. The Morgan fingerprint density at radius 3 is 3.00 bits per heavy atom. The number of urea groups is 1. The lowest BCUT2D eigenvalue weighted by molar-refractivity contribution is 0.251. The van der Waals surface area contributed by atoms with Gasteiger partial charge in [0.05, 0.1) is 0 Å². The van der Waals surface area contributed by atoms with Gasteiger partial charge in [0.1, 0.15) is 5.00 Å². The Morgan fingerprint density at radius 1 is 1.70 bits per heavy atom. The second-order valence-electron chi connectivity index (χ2n) is 1.59. The first kappa shape index (κ1) is 6.88. The van der Waals surface area contributed by atoms with E-state index in [9.17, 15) is 4.79 Å². The predicted octanol–water partition coefficient (Wildman–Crippen LogP) is 0.743. The van der Waals surface area contributed by atoms with Gasteiger partial charge in [-0.1, -0.05) is 0 Å². The molecule has 1 heterocycles. The minimum absolute atomic E-state index is 0.589. The highest BCUT2D eigenvalue weighted by molar-refractivity contribution is 7.14. The number of amides is 2. The van der Waals surface area contributed by atoms with Crippen LogP contribution in [0.1, 0.15) is 0 Å². The summed E-state index contributed by atoms with van der Waals surface area (Å²) in [5.74, 6) is 0. The van der Waals surface area contributed by atoms with Crippen molar-refractivity contribution in [2.45, 2.75) is 0 Å². The van der Waals surface area contributed by atoms with Crippen molar-refractivity contribution in [1.29, 1.82) is 0 Å². The first-order valence-corrected chi connectivity index (χ1v) is 3.52. The maximum absolute atomic E-state index is 10.1. The van der Waals surface area contributed by atoms with E-state index >= 15 is 0 Å². The molecule has 0 aliphatic rings.